The molecule has 2 heterocycles. The zero-order chi connectivity index (χ0) is 13.5. The number of rotatable bonds is 3. The number of hydrogen-bond donors (Lipinski definition) is 0. The second-order valence-corrected chi connectivity index (χ2v) is 7.27. The number of fused-ring (bicyclic) bond motifs is 1. The fourth-order valence-electron chi connectivity index (χ4n) is 2.01. The van der Waals surface area contributed by atoms with Crippen LogP contribution in [-0.2, 0) is 15.5 Å². The molecule has 4 nitrogen and oxygen atoms in total. The van der Waals surface area contributed by atoms with Crippen LogP contribution in [0, 0.1) is 12.8 Å². The second kappa shape index (κ2) is 4.55. The molecule has 2 rings (SSSR count). The van der Waals surface area contributed by atoms with Gasteiger partial charge in [0.25, 0.3) is 9.05 Å². The molecule has 0 aliphatic heterocycles. The van der Waals surface area contributed by atoms with Crippen LogP contribution in [0.3, 0.4) is 0 Å². The van der Waals surface area contributed by atoms with E-state index in [0.717, 1.165) is 5.56 Å². The lowest BCUT2D eigenvalue weighted by atomic mass is 10.1. The van der Waals surface area contributed by atoms with E-state index in [0.29, 0.717) is 23.7 Å². The zero-order valence-corrected chi connectivity index (χ0v) is 12.1. The molecule has 0 unspecified atom stereocenters. The van der Waals surface area contributed by atoms with E-state index in [1.807, 2.05) is 26.8 Å². The Bertz CT molecular complexity index is 689. The van der Waals surface area contributed by atoms with Crippen LogP contribution in [0.2, 0.25) is 0 Å². The standard InChI is InChI=1S/C12H15ClN2O2S/c1-8(2)7-10-12(18(13,16)17)15-6-4-5-9(3)11(15)14-10/h4-6,8H,7H2,1-3H3. The molecule has 2 aromatic heterocycles. The van der Waals surface area contributed by atoms with Gasteiger partial charge in [0, 0.05) is 16.9 Å². The van der Waals surface area contributed by atoms with Gasteiger partial charge >= 0.3 is 0 Å². The number of aromatic nitrogens is 2. The van der Waals surface area contributed by atoms with Crippen LogP contribution in [0.15, 0.2) is 23.4 Å². The molecule has 0 fully saturated rings. The van der Waals surface area contributed by atoms with Gasteiger partial charge < -0.3 is 0 Å². The van der Waals surface area contributed by atoms with Gasteiger partial charge in [-0.25, -0.2) is 13.4 Å². The van der Waals surface area contributed by atoms with Crippen molar-refractivity contribution in [1.29, 1.82) is 0 Å². The Labute approximate surface area is 111 Å². The maximum atomic E-state index is 11.7. The fourth-order valence-corrected chi connectivity index (χ4v) is 3.29. The Hall–Kier alpha value is -1.07. The molecule has 6 heteroatoms. The Morgan fingerprint density at radius 1 is 1.44 bits per heavy atom. The highest BCUT2D eigenvalue weighted by molar-refractivity contribution is 8.13. The molecule has 0 spiro atoms. The quantitative estimate of drug-likeness (QED) is 0.815. The number of nitrogens with zero attached hydrogens (tertiary/aromatic N) is 2. The van der Waals surface area contributed by atoms with Crippen LogP contribution in [0.25, 0.3) is 5.65 Å². The van der Waals surface area contributed by atoms with E-state index in [9.17, 15) is 8.42 Å². The summed E-state index contributed by atoms with van der Waals surface area (Å²) in [7, 11) is 1.72. The first-order chi connectivity index (χ1) is 8.30. The molecular weight excluding hydrogens is 272 g/mol. The molecule has 18 heavy (non-hydrogen) atoms. The van der Waals surface area contributed by atoms with Crippen LogP contribution in [-0.4, -0.2) is 17.8 Å². The lowest BCUT2D eigenvalue weighted by Gasteiger charge is -2.03. The van der Waals surface area contributed by atoms with Crippen molar-refractivity contribution in [1.82, 2.24) is 9.38 Å². The summed E-state index contributed by atoms with van der Waals surface area (Å²) in [4.78, 5) is 4.42. The molecule has 0 saturated carbocycles. The largest absolute Gasteiger partial charge is 0.289 e. The SMILES string of the molecule is Cc1cccn2c(S(=O)(=O)Cl)c(CC(C)C)nc12. The number of halogens is 1. The summed E-state index contributed by atoms with van der Waals surface area (Å²) < 4.78 is 25.0. The second-order valence-electron chi connectivity index (χ2n) is 4.78. The van der Waals surface area contributed by atoms with Crippen LogP contribution in [0.4, 0.5) is 0 Å². The third kappa shape index (κ3) is 2.37. The van der Waals surface area contributed by atoms with E-state index in [2.05, 4.69) is 4.98 Å². The van der Waals surface area contributed by atoms with Crippen molar-refractivity contribution in [3.8, 4) is 0 Å². The molecular formula is C12H15ClN2O2S. The predicted octanol–water partition coefficient (Wildman–Crippen LogP) is 2.77. The van der Waals surface area contributed by atoms with Gasteiger partial charge in [-0.1, -0.05) is 19.9 Å². The average molecular weight is 287 g/mol. The monoisotopic (exact) mass is 286 g/mol. The highest BCUT2D eigenvalue weighted by atomic mass is 35.7. The zero-order valence-electron chi connectivity index (χ0n) is 10.5. The topological polar surface area (TPSA) is 51.4 Å². The molecule has 0 aliphatic carbocycles. The first-order valence-electron chi connectivity index (χ1n) is 5.72. The van der Waals surface area contributed by atoms with E-state index in [1.165, 1.54) is 0 Å². The normalized spacial score (nSPS) is 12.5. The summed E-state index contributed by atoms with van der Waals surface area (Å²) in [5.74, 6) is 0.312. The average Bonchev–Trinajstić information content (AvgIpc) is 2.55. The van der Waals surface area contributed by atoms with Crippen molar-refractivity contribution < 1.29 is 8.42 Å². The summed E-state index contributed by atoms with van der Waals surface area (Å²) in [6.45, 7) is 5.93. The lowest BCUT2D eigenvalue weighted by Crippen LogP contribution is -2.03. The minimum atomic E-state index is -3.81. The minimum Gasteiger partial charge on any atom is -0.289 e. The highest BCUT2D eigenvalue weighted by Gasteiger charge is 2.24. The van der Waals surface area contributed by atoms with Gasteiger partial charge in [-0.2, -0.15) is 0 Å². The highest BCUT2D eigenvalue weighted by Crippen LogP contribution is 2.25. The van der Waals surface area contributed by atoms with Crippen molar-refractivity contribution in [2.45, 2.75) is 32.2 Å². The van der Waals surface area contributed by atoms with E-state index in [4.69, 9.17) is 10.7 Å². The Balaban J connectivity index is 2.81. The summed E-state index contributed by atoms with van der Waals surface area (Å²) >= 11 is 0. The van der Waals surface area contributed by atoms with Gasteiger partial charge in [-0.05, 0) is 30.9 Å². The lowest BCUT2D eigenvalue weighted by molar-refractivity contribution is 0.594. The predicted molar refractivity (Wildman–Crippen MR) is 71.5 cm³/mol. The van der Waals surface area contributed by atoms with E-state index >= 15 is 0 Å². The molecule has 98 valence electrons. The van der Waals surface area contributed by atoms with Crippen molar-refractivity contribution in [2.24, 2.45) is 5.92 Å². The molecule has 0 aromatic carbocycles. The maximum Gasteiger partial charge on any atom is 0.279 e. The molecule has 0 aliphatic rings. The molecule has 2 aromatic rings. The van der Waals surface area contributed by atoms with Gasteiger partial charge in [-0.3, -0.25) is 4.40 Å². The van der Waals surface area contributed by atoms with Gasteiger partial charge in [-0.15, -0.1) is 0 Å². The summed E-state index contributed by atoms with van der Waals surface area (Å²) in [5.41, 5.74) is 2.11. The smallest absolute Gasteiger partial charge is 0.279 e. The molecule has 0 saturated heterocycles. The van der Waals surface area contributed by atoms with Crippen LogP contribution in [0.1, 0.15) is 25.1 Å². The Morgan fingerprint density at radius 2 is 2.11 bits per heavy atom. The fraction of sp³-hybridized carbons (Fsp3) is 0.417. The molecule has 0 N–H and O–H groups in total. The number of aryl methyl sites for hydroxylation is 1. The van der Waals surface area contributed by atoms with Crippen LogP contribution < -0.4 is 0 Å². The van der Waals surface area contributed by atoms with Crippen molar-refractivity contribution in [2.75, 3.05) is 0 Å². The maximum absolute atomic E-state index is 11.7. The third-order valence-corrected chi connectivity index (χ3v) is 4.03. The Kier molecular flexibility index (Phi) is 3.38. The van der Waals surface area contributed by atoms with Crippen molar-refractivity contribution in [3.63, 3.8) is 0 Å². The van der Waals surface area contributed by atoms with Gasteiger partial charge in [0.2, 0.25) is 0 Å². The van der Waals surface area contributed by atoms with Crippen LogP contribution in [0.5, 0.6) is 0 Å². The first kappa shape index (κ1) is 13.4. The van der Waals surface area contributed by atoms with Crippen LogP contribution >= 0.6 is 10.7 Å². The molecule has 0 amide bonds. The summed E-state index contributed by atoms with van der Waals surface area (Å²) in [6, 6.07) is 3.68. The van der Waals surface area contributed by atoms with E-state index in [-0.39, 0.29) is 5.03 Å². The van der Waals surface area contributed by atoms with Crippen molar-refractivity contribution >= 4 is 25.4 Å². The van der Waals surface area contributed by atoms with Gasteiger partial charge in [0.1, 0.15) is 5.65 Å². The summed E-state index contributed by atoms with van der Waals surface area (Å²) in [5, 5.41) is 0.0940. The molecule has 0 bridgehead atoms. The Morgan fingerprint density at radius 3 is 2.67 bits per heavy atom. The minimum absolute atomic E-state index is 0.0940. The molecule has 0 atom stereocenters. The number of imidazole rings is 1. The summed E-state index contributed by atoms with van der Waals surface area (Å²) in [6.07, 6.45) is 2.26. The van der Waals surface area contributed by atoms with Gasteiger partial charge in [0.05, 0.1) is 5.69 Å². The van der Waals surface area contributed by atoms with Gasteiger partial charge in [0.15, 0.2) is 5.03 Å². The van der Waals surface area contributed by atoms with E-state index < -0.39 is 9.05 Å². The number of hydrogen-bond acceptors (Lipinski definition) is 3. The van der Waals surface area contributed by atoms with E-state index in [1.54, 1.807) is 16.7 Å². The number of pyridine rings is 1. The first-order valence-corrected chi connectivity index (χ1v) is 8.03. The van der Waals surface area contributed by atoms with Crippen molar-refractivity contribution in [3.05, 3.63) is 29.6 Å². The third-order valence-electron chi connectivity index (χ3n) is 2.70. The molecule has 0 radical (unpaired) electrons.